The van der Waals surface area contributed by atoms with E-state index in [2.05, 4.69) is 29.4 Å². The van der Waals surface area contributed by atoms with E-state index in [0.29, 0.717) is 5.13 Å². The summed E-state index contributed by atoms with van der Waals surface area (Å²) in [7, 11) is 0. The molecule has 3 nitrogen and oxygen atoms in total. The van der Waals surface area contributed by atoms with E-state index < -0.39 is 0 Å². The van der Waals surface area contributed by atoms with Gasteiger partial charge in [-0.25, -0.2) is 4.98 Å². The average Bonchev–Trinajstić information content (AvgIpc) is 3.12. The lowest BCUT2D eigenvalue weighted by Crippen LogP contribution is -2.22. The molecular weight excluding hydrogens is 352 g/mol. The normalized spacial score (nSPS) is 11.1. The number of aromatic nitrogens is 1. The third-order valence-electron chi connectivity index (χ3n) is 4.70. The van der Waals surface area contributed by atoms with Gasteiger partial charge in [0.15, 0.2) is 5.13 Å². The van der Waals surface area contributed by atoms with Gasteiger partial charge in [-0.2, -0.15) is 0 Å². The molecule has 0 radical (unpaired) electrons. The Bertz CT molecular complexity index is 1010. The predicted molar refractivity (Wildman–Crippen MR) is 112 cm³/mol. The number of thiazole rings is 1. The predicted octanol–water partition coefficient (Wildman–Crippen LogP) is 5.68. The molecule has 0 unspecified atom stereocenters. The van der Waals surface area contributed by atoms with Crippen LogP contribution in [-0.4, -0.2) is 10.9 Å². The molecule has 0 fully saturated rings. The van der Waals surface area contributed by atoms with Crippen LogP contribution in [0.2, 0.25) is 0 Å². The maximum atomic E-state index is 13.2. The van der Waals surface area contributed by atoms with Crippen molar-refractivity contribution in [2.75, 3.05) is 5.32 Å². The van der Waals surface area contributed by atoms with E-state index in [9.17, 15) is 4.79 Å². The zero-order valence-corrected chi connectivity index (χ0v) is 16.1. The standard InChI is InChI=1S/C23H20N2OS/c1-15-13-14-16(2)21-20(15)24-23(27-21)25-22(26)19(17-9-5-3-6-10-17)18-11-7-4-8-12-18/h3-14,19H,1-2H3,(H,24,25,26). The number of hydrogen-bond donors (Lipinski definition) is 1. The summed E-state index contributed by atoms with van der Waals surface area (Å²) in [4.78, 5) is 17.9. The van der Waals surface area contributed by atoms with Crippen molar-refractivity contribution in [1.29, 1.82) is 0 Å². The molecule has 1 N–H and O–H groups in total. The van der Waals surface area contributed by atoms with Crippen molar-refractivity contribution in [3.8, 4) is 0 Å². The number of nitrogens with zero attached hydrogens (tertiary/aromatic N) is 1. The van der Waals surface area contributed by atoms with Crippen LogP contribution < -0.4 is 5.32 Å². The van der Waals surface area contributed by atoms with E-state index in [0.717, 1.165) is 26.9 Å². The van der Waals surface area contributed by atoms with Gasteiger partial charge in [0.05, 0.1) is 16.1 Å². The summed E-state index contributed by atoms with van der Waals surface area (Å²) in [6.07, 6.45) is 0. The molecule has 0 saturated carbocycles. The molecule has 0 atom stereocenters. The number of fused-ring (bicyclic) bond motifs is 1. The van der Waals surface area contributed by atoms with Gasteiger partial charge >= 0.3 is 0 Å². The van der Waals surface area contributed by atoms with Crippen molar-refractivity contribution in [1.82, 2.24) is 4.98 Å². The van der Waals surface area contributed by atoms with Gasteiger partial charge in [-0.05, 0) is 36.1 Å². The molecule has 1 heterocycles. The van der Waals surface area contributed by atoms with Crippen molar-refractivity contribution < 1.29 is 4.79 Å². The molecule has 0 bridgehead atoms. The van der Waals surface area contributed by atoms with Gasteiger partial charge < -0.3 is 5.32 Å². The molecule has 0 aliphatic heterocycles. The molecule has 1 amide bonds. The van der Waals surface area contributed by atoms with Crippen LogP contribution in [0.15, 0.2) is 72.8 Å². The number of carbonyl (C=O) groups excluding carboxylic acids is 1. The highest BCUT2D eigenvalue weighted by atomic mass is 32.1. The molecule has 3 aromatic carbocycles. The molecule has 0 spiro atoms. The number of amides is 1. The van der Waals surface area contributed by atoms with Crippen LogP contribution in [0.1, 0.15) is 28.2 Å². The number of rotatable bonds is 4. The molecule has 0 aliphatic carbocycles. The zero-order chi connectivity index (χ0) is 18.8. The van der Waals surface area contributed by atoms with Crippen molar-refractivity contribution in [3.05, 3.63) is 95.1 Å². The number of anilines is 1. The summed E-state index contributed by atoms with van der Waals surface area (Å²) in [5.74, 6) is -0.441. The third-order valence-corrected chi connectivity index (χ3v) is 5.81. The Balaban J connectivity index is 1.71. The highest BCUT2D eigenvalue weighted by Crippen LogP contribution is 2.32. The van der Waals surface area contributed by atoms with E-state index in [1.807, 2.05) is 67.6 Å². The Labute approximate surface area is 162 Å². The number of carbonyl (C=O) groups is 1. The summed E-state index contributed by atoms with van der Waals surface area (Å²) in [5, 5.41) is 3.69. The SMILES string of the molecule is Cc1ccc(C)c2sc(NC(=O)C(c3ccccc3)c3ccccc3)nc12. The van der Waals surface area contributed by atoms with Crippen molar-refractivity contribution in [3.63, 3.8) is 0 Å². The second-order valence-corrected chi connectivity index (χ2v) is 7.64. The van der Waals surface area contributed by atoms with E-state index in [1.165, 1.54) is 16.9 Å². The van der Waals surface area contributed by atoms with E-state index >= 15 is 0 Å². The van der Waals surface area contributed by atoms with E-state index in [4.69, 9.17) is 0 Å². The minimum absolute atomic E-state index is 0.0678. The first-order valence-corrected chi connectivity index (χ1v) is 9.72. The maximum absolute atomic E-state index is 13.2. The second kappa shape index (κ2) is 7.33. The Morgan fingerprint density at radius 3 is 1.96 bits per heavy atom. The highest BCUT2D eigenvalue weighted by Gasteiger charge is 2.23. The summed E-state index contributed by atoms with van der Waals surface area (Å²) in [5.41, 5.74) is 5.20. The van der Waals surface area contributed by atoms with Crippen LogP contribution >= 0.6 is 11.3 Å². The first-order valence-electron chi connectivity index (χ1n) is 8.91. The molecule has 4 aromatic rings. The van der Waals surface area contributed by atoms with E-state index in [-0.39, 0.29) is 11.8 Å². The second-order valence-electron chi connectivity index (χ2n) is 6.64. The van der Waals surface area contributed by atoms with E-state index in [1.54, 1.807) is 0 Å². The summed E-state index contributed by atoms with van der Waals surface area (Å²) in [6.45, 7) is 4.12. The summed E-state index contributed by atoms with van der Waals surface area (Å²) in [6, 6.07) is 23.9. The van der Waals surface area contributed by atoms with Gasteiger partial charge in [0.1, 0.15) is 0 Å². The zero-order valence-electron chi connectivity index (χ0n) is 15.3. The summed E-state index contributed by atoms with van der Waals surface area (Å²) >= 11 is 1.53. The number of nitrogens with one attached hydrogen (secondary N) is 1. The topological polar surface area (TPSA) is 42.0 Å². The fourth-order valence-corrected chi connectivity index (χ4v) is 4.29. The minimum atomic E-state index is -0.374. The molecule has 134 valence electrons. The molecule has 4 rings (SSSR count). The Hall–Kier alpha value is -2.98. The van der Waals surface area contributed by atoms with Crippen LogP contribution in [0.5, 0.6) is 0 Å². The van der Waals surface area contributed by atoms with Gasteiger partial charge in [0.2, 0.25) is 5.91 Å². The Morgan fingerprint density at radius 2 is 1.41 bits per heavy atom. The largest absolute Gasteiger partial charge is 0.301 e. The number of aryl methyl sites for hydroxylation is 2. The lowest BCUT2D eigenvalue weighted by molar-refractivity contribution is -0.116. The Morgan fingerprint density at radius 1 is 0.852 bits per heavy atom. The molecule has 0 saturated heterocycles. The highest BCUT2D eigenvalue weighted by molar-refractivity contribution is 7.22. The molecule has 0 aliphatic rings. The average molecular weight is 372 g/mol. The minimum Gasteiger partial charge on any atom is -0.301 e. The smallest absolute Gasteiger partial charge is 0.238 e. The van der Waals surface area contributed by atoms with Crippen molar-refractivity contribution in [2.24, 2.45) is 0 Å². The first-order chi connectivity index (χ1) is 13.1. The fourth-order valence-electron chi connectivity index (χ4n) is 3.28. The Kier molecular flexibility index (Phi) is 4.73. The maximum Gasteiger partial charge on any atom is 0.238 e. The van der Waals surface area contributed by atoms with Crippen LogP contribution in [0.4, 0.5) is 5.13 Å². The van der Waals surface area contributed by atoms with Gasteiger partial charge in [0.25, 0.3) is 0 Å². The van der Waals surface area contributed by atoms with Crippen LogP contribution in [0, 0.1) is 13.8 Å². The monoisotopic (exact) mass is 372 g/mol. The van der Waals surface area contributed by atoms with Crippen LogP contribution in [-0.2, 0) is 4.79 Å². The quantitative estimate of drug-likeness (QED) is 0.500. The molecule has 4 heteroatoms. The number of hydrogen-bond acceptors (Lipinski definition) is 3. The summed E-state index contributed by atoms with van der Waals surface area (Å²) < 4.78 is 1.13. The molecule has 1 aromatic heterocycles. The van der Waals surface area contributed by atoms with Crippen molar-refractivity contribution in [2.45, 2.75) is 19.8 Å². The first kappa shape index (κ1) is 17.4. The number of benzene rings is 3. The van der Waals surface area contributed by atoms with Gasteiger partial charge in [0, 0.05) is 0 Å². The van der Waals surface area contributed by atoms with Gasteiger partial charge in [-0.1, -0.05) is 84.1 Å². The lowest BCUT2D eigenvalue weighted by Gasteiger charge is -2.16. The van der Waals surface area contributed by atoms with Crippen molar-refractivity contribution >= 4 is 32.6 Å². The lowest BCUT2D eigenvalue weighted by atomic mass is 9.90. The fraction of sp³-hybridized carbons (Fsp3) is 0.130. The molecule has 27 heavy (non-hydrogen) atoms. The van der Waals surface area contributed by atoms with Gasteiger partial charge in [-0.3, -0.25) is 4.79 Å². The third kappa shape index (κ3) is 3.49. The van der Waals surface area contributed by atoms with Crippen LogP contribution in [0.25, 0.3) is 10.2 Å². The van der Waals surface area contributed by atoms with Crippen LogP contribution in [0.3, 0.4) is 0 Å². The van der Waals surface area contributed by atoms with Gasteiger partial charge in [-0.15, -0.1) is 0 Å². The molecular formula is C23H20N2OS.